The summed E-state index contributed by atoms with van der Waals surface area (Å²) in [6.45, 7) is 3.83. The average molecular weight is 254 g/mol. The van der Waals surface area contributed by atoms with E-state index in [-0.39, 0.29) is 24.9 Å². The largest absolute Gasteiger partial charge is 0.361 e. The Kier molecular flexibility index (Phi) is 4.85. The van der Waals surface area contributed by atoms with Crippen LogP contribution in [0.2, 0.25) is 0 Å². The Hall–Kier alpha value is -1.89. The van der Waals surface area contributed by atoms with E-state index >= 15 is 0 Å². The van der Waals surface area contributed by atoms with Crippen molar-refractivity contribution < 1.29 is 14.1 Å². The summed E-state index contributed by atoms with van der Waals surface area (Å²) in [5.74, 6) is 0.143. The fourth-order valence-corrected chi connectivity index (χ4v) is 1.43. The summed E-state index contributed by atoms with van der Waals surface area (Å²) in [5, 5.41) is 6.24. The lowest BCUT2D eigenvalue weighted by molar-refractivity contribution is -0.131. The average Bonchev–Trinajstić information content (AvgIpc) is 2.66. The highest BCUT2D eigenvalue weighted by Crippen LogP contribution is 2.13. The minimum Gasteiger partial charge on any atom is -0.361 e. The van der Waals surface area contributed by atoms with Crippen LogP contribution in [0.4, 0.5) is 0 Å². The van der Waals surface area contributed by atoms with Crippen molar-refractivity contribution in [1.29, 1.82) is 0 Å². The van der Waals surface area contributed by atoms with Crippen LogP contribution < -0.4 is 11.1 Å². The molecular formula is C11H18N4O3. The van der Waals surface area contributed by atoms with Crippen LogP contribution >= 0.6 is 0 Å². The van der Waals surface area contributed by atoms with Crippen LogP contribution in [0.15, 0.2) is 4.52 Å². The zero-order valence-corrected chi connectivity index (χ0v) is 10.8. The summed E-state index contributed by atoms with van der Waals surface area (Å²) in [4.78, 5) is 24.2. The highest BCUT2D eigenvalue weighted by atomic mass is 16.5. The van der Waals surface area contributed by atoms with Gasteiger partial charge in [0.15, 0.2) is 0 Å². The van der Waals surface area contributed by atoms with Gasteiger partial charge in [-0.15, -0.1) is 0 Å². The minimum atomic E-state index is -0.353. The highest BCUT2D eigenvalue weighted by Gasteiger charge is 2.15. The molecule has 0 atom stereocenters. The lowest BCUT2D eigenvalue weighted by atomic mass is 10.2. The Morgan fingerprint density at radius 1 is 1.44 bits per heavy atom. The summed E-state index contributed by atoms with van der Waals surface area (Å²) in [7, 11) is 1.66. The molecule has 7 heteroatoms. The van der Waals surface area contributed by atoms with Gasteiger partial charge in [-0.3, -0.25) is 9.59 Å². The van der Waals surface area contributed by atoms with Gasteiger partial charge in [-0.25, -0.2) is 0 Å². The molecule has 0 spiro atoms. The van der Waals surface area contributed by atoms with Crippen LogP contribution in [0.25, 0.3) is 0 Å². The molecule has 0 fully saturated rings. The number of carbonyl (C=O) groups is 2. The molecule has 0 radical (unpaired) electrons. The van der Waals surface area contributed by atoms with E-state index in [4.69, 9.17) is 10.3 Å². The zero-order valence-electron chi connectivity index (χ0n) is 10.8. The maximum atomic E-state index is 11.7. The quantitative estimate of drug-likeness (QED) is 0.725. The number of carbonyl (C=O) groups excluding carboxylic acids is 2. The standard InChI is InChI=1S/C11H18N4O3/c1-7-9(8(2)18-14-7)6-15(3)11(17)5-13-10(16)4-12/h4-6,12H2,1-3H3,(H,13,16). The van der Waals surface area contributed by atoms with Gasteiger partial charge >= 0.3 is 0 Å². The molecule has 0 unspecified atom stereocenters. The molecule has 1 aromatic heterocycles. The Labute approximate surface area is 105 Å². The zero-order chi connectivity index (χ0) is 13.7. The summed E-state index contributed by atoms with van der Waals surface area (Å²) < 4.78 is 5.02. The number of nitrogens with zero attached hydrogens (tertiary/aromatic N) is 2. The molecule has 1 rings (SSSR count). The number of likely N-dealkylation sites (N-methyl/N-ethyl adjacent to an activating group) is 1. The lowest BCUT2D eigenvalue weighted by Crippen LogP contribution is -2.40. The maximum Gasteiger partial charge on any atom is 0.242 e. The molecule has 0 saturated heterocycles. The van der Waals surface area contributed by atoms with Crippen molar-refractivity contribution in [3.05, 3.63) is 17.0 Å². The normalized spacial score (nSPS) is 10.2. The Bertz CT molecular complexity index is 422. The Morgan fingerprint density at radius 2 is 2.11 bits per heavy atom. The molecule has 1 heterocycles. The number of hydrogen-bond acceptors (Lipinski definition) is 5. The van der Waals surface area contributed by atoms with Crippen LogP contribution in [0.3, 0.4) is 0 Å². The molecule has 2 amide bonds. The number of hydrogen-bond donors (Lipinski definition) is 2. The van der Waals surface area contributed by atoms with E-state index in [1.807, 2.05) is 6.92 Å². The number of rotatable bonds is 5. The van der Waals surface area contributed by atoms with E-state index in [0.29, 0.717) is 12.3 Å². The highest BCUT2D eigenvalue weighted by molar-refractivity contribution is 5.85. The molecule has 18 heavy (non-hydrogen) atoms. The third-order valence-electron chi connectivity index (χ3n) is 2.62. The molecule has 100 valence electrons. The van der Waals surface area contributed by atoms with Gasteiger partial charge in [0.05, 0.1) is 25.3 Å². The van der Waals surface area contributed by atoms with Gasteiger partial charge in [0.1, 0.15) is 5.76 Å². The second-order valence-electron chi connectivity index (χ2n) is 4.03. The van der Waals surface area contributed by atoms with Gasteiger partial charge in [0.25, 0.3) is 0 Å². The van der Waals surface area contributed by atoms with Gasteiger partial charge in [0.2, 0.25) is 11.8 Å². The van der Waals surface area contributed by atoms with Gasteiger partial charge in [-0.1, -0.05) is 5.16 Å². The number of aryl methyl sites for hydroxylation is 2. The van der Waals surface area contributed by atoms with Crippen LogP contribution in [0.5, 0.6) is 0 Å². The van der Waals surface area contributed by atoms with Crippen LogP contribution in [-0.4, -0.2) is 42.0 Å². The van der Waals surface area contributed by atoms with Crippen molar-refractivity contribution in [2.24, 2.45) is 5.73 Å². The summed E-state index contributed by atoms with van der Waals surface area (Å²) in [6, 6.07) is 0. The van der Waals surface area contributed by atoms with Gasteiger partial charge in [-0.05, 0) is 13.8 Å². The summed E-state index contributed by atoms with van der Waals surface area (Å²) in [6.07, 6.45) is 0. The van der Waals surface area contributed by atoms with E-state index < -0.39 is 0 Å². The maximum absolute atomic E-state index is 11.7. The fourth-order valence-electron chi connectivity index (χ4n) is 1.43. The lowest BCUT2D eigenvalue weighted by Gasteiger charge is -2.17. The first-order valence-electron chi connectivity index (χ1n) is 5.58. The van der Waals surface area contributed by atoms with Gasteiger partial charge in [0, 0.05) is 12.6 Å². The van der Waals surface area contributed by atoms with Crippen molar-refractivity contribution in [2.75, 3.05) is 20.1 Å². The number of aromatic nitrogens is 1. The van der Waals surface area contributed by atoms with Crippen LogP contribution in [0, 0.1) is 13.8 Å². The molecule has 0 saturated carbocycles. The number of amides is 2. The Balaban J connectivity index is 2.52. The molecule has 1 aromatic rings. The predicted octanol–water partition coefficient (Wildman–Crippen LogP) is -0.675. The smallest absolute Gasteiger partial charge is 0.242 e. The predicted molar refractivity (Wildman–Crippen MR) is 64.5 cm³/mol. The minimum absolute atomic E-state index is 0.0596. The summed E-state index contributed by atoms with van der Waals surface area (Å²) >= 11 is 0. The van der Waals surface area contributed by atoms with E-state index in [2.05, 4.69) is 10.5 Å². The van der Waals surface area contributed by atoms with Crippen molar-refractivity contribution in [3.63, 3.8) is 0 Å². The van der Waals surface area contributed by atoms with Crippen molar-refractivity contribution >= 4 is 11.8 Å². The first-order chi connectivity index (χ1) is 8.45. The third kappa shape index (κ3) is 3.56. The topological polar surface area (TPSA) is 101 Å². The van der Waals surface area contributed by atoms with Crippen molar-refractivity contribution in [1.82, 2.24) is 15.4 Å². The first kappa shape index (κ1) is 14.2. The van der Waals surface area contributed by atoms with Crippen molar-refractivity contribution in [3.8, 4) is 0 Å². The van der Waals surface area contributed by atoms with Crippen LogP contribution in [-0.2, 0) is 16.1 Å². The van der Waals surface area contributed by atoms with E-state index in [9.17, 15) is 9.59 Å². The van der Waals surface area contributed by atoms with E-state index in [1.165, 1.54) is 4.90 Å². The molecule has 3 N–H and O–H groups in total. The van der Waals surface area contributed by atoms with E-state index in [1.54, 1.807) is 14.0 Å². The second-order valence-corrected chi connectivity index (χ2v) is 4.03. The number of nitrogens with one attached hydrogen (secondary N) is 1. The number of nitrogens with two attached hydrogens (primary N) is 1. The molecule has 0 aliphatic carbocycles. The summed E-state index contributed by atoms with van der Waals surface area (Å²) in [5.41, 5.74) is 6.77. The SMILES string of the molecule is Cc1noc(C)c1CN(C)C(=O)CNC(=O)CN. The molecule has 0 bridgehead atoms. The third-order valence-corrected chi connectivity index (χ3v) is 2.62. The van der Waals surface area contributed by atoms with E-state index in [0.717, 1.165) is 11.3 Å². The first-order valence-corrected chi connectivity index (χ1v) is 5.58. The second kappa shape index (κ2) is 6.15. The van der Waals surface area contributed by atoms with Crippen molar-refractivity contribution in [2.45, 2.75) is 20.4 Å². The molecule has 0 aliphatic heterocycles. The Morgan fingerprint density at radius 3 is 2.61 bits per heavy atom. The molecular weight excluding hydrogens is 236 g/mol. The monoisotopic (exact) mass is 254 g/mol. The van der Waals surface area contributed by atoms with Gasteiger partial charge in [-0.2, -0.15) is 0 Å². The molecule has 0 aliphatic rings. The molecule has 7 nitrogen and oxygen atoms in total. The fraction of sp³-hybridized carbons (Fsp3) is 0.545. The van der Waals surface area contributed by atoms with Gasteiger partial charge < -0.3 is 20.5 Å². The molecule has 0 aromatic carbocycles. The van der Waals surface area contributed by atoms with Crippen LogP contribution in [0.1, 0.15) is 17.0 Å².